The van der Waals surface area contributed by atoms with Crippen LogP contribution in [0.25, 0.3) is 5.69 Å². The van der Waals surface area contributed by atoms with Gasteiger partial charge in [-0.05, 0) is 44.9 Å². The monoisotopic (exact) mass is 229 g/mol. The molecule has 2 rings (SSSR count). The molecule has 0 unspecified atom stereocenters. The summed E-state index contributed by atoms with van der Waals surface area (Å²) < 4.78 is 2.00. The second-order valence-corrected chi connectivity index (χ2v) is 4.48. The fourth-order valence-corrected chi connectivity index (χ4v) is 2.17. The van der Waals surface area contributed by atoms with Gasteiger partial charge in [0, 0.05) is 17.8 Å². The molecule has 0 bridgehead atoms. The van der Waals surface area contributed by atoms with Crippen LogP contribution in [0, 0.1) is 27.7 Å². The molecule has 90 valence electrons. The van der Waals surface area contributed by atoms with Crippen molar-refractivity contribution in [2.75, 3.05) is 0 Å². The van der Waals surface area contributed by atoms with Crippen LogP contribution in [-0.2, 0) is 6.54 Å². The van der Waals surface area contributed by atoms with Gasteiger partial charge >= 0.3 is 0 Å². The highest BCUT2D eigenvalue weighted by Gasteiger charge is 2.13. The molecule has 0 atom stereocenters. The van der Waals surface area contributed by atoms with E-state index in [2.05, 4.69) is 44.1 Å². The summed E-state index contributed by atoms with van der Waals surface area (Å²) in [7, 11) is 0. The minimum atomic E-state index is 0.544. The van der Waals surface area contributed by atoms with Crippen molar-refractivity contribution < 1.29 is 0 Å². The van der Waals surface area contributed by atoms with Gasteiger partial charge < -0.3 is 5.73 Å². The van der Waals surface area contributed by atoms with Gasteiger partial charge in [0.1, 0.15) is 0 Å². The SMILES string of the molecule is Cc1cccc(-n2nc(C)c(CN)c2C)c1C. The topological polar surface area (TPSA) is 43.8 Å². The van der Waals surface area contributed by atoms with Gasteiger partial charge in [-0.2, -0.15) is 5.10 Å². The maximum atomic E-state index is 5.76. The van der Waals surface area contributed by atoms with E-state index >= 15 is 0 Å². The Kier molecular flexibility index (Phi) is 3.03. The van der Waals surface area contributed by atoms with E-state index in [1.54, 1.807) is 0 Å². The van der Waals surface area contributed by atoms with E-state index < -0.39 is 0 Å². The summed E-state index contributed by atoms with van der Waals surface area (Å²) >= 11 is 0. The van der Waals surface area contributed by atoms with Crippen LogP contribution in [0.5, 0.6) is 0 Å². The Labute approximate surface area is 102 Å². The predicted molar refractivity (Wildman–Crippen MR) is 70.4 cm³/mol. The van der Waals surface area contributed by atoms with Crippen molar-refractivity contribution in [1.29, 1.82) is 0 Å². The summed E-state index contributed by atoms with van der Waals surface area (Å²) in [5, 5.41) is 4.59. The van der Waals surface area contributed by atoms with Crippen molar-refractivity contribution in [2.45, 2.75) is 34.2 Å². The molecule has 0 aliphatic heterocycles. The first-order valence-corrected chi connectivity index (χ1v) is 5.88. The lowest BCUT2D eigenvalue weighted by Gasteiger charge is -2.10. The van der Waals surface area contributed by atoms with Crippen LogP contribution >= 0.6 is 0 Å². The Hall–Kier alpha value is -1.61. The number of benzene rings is 1. The zero-order chi connectivity index (χ0) is 12.6. The van der Waals surface area contributed by atoms with Crippen molar-refractivity contribution in [1.82, 2.24) is 9.78 Å². The van der Waals surface area contributed by atoms with E-state index in [0.29, 0.717) is 6.54 Å². The number of aromatic nitrogens is 2. The van der Waals surface area contributed by atoms with Crippen LogP contribution in [0.15, 0.2) is 18.2 Å². The van der Waals surface area contributed by atoms with Gasteiger partial charge in [0.05, 0.1) is 11.4 Å². The Morgan fingerprint density at radius 1 is 1.18 bits per heavy atom. The Balaban J connectivity index is 2.65. The van der Waals surface area contributed by atoms with Crippen molar-refractivity contribution in [3.8, 4) is 5.69 Å². The quantitative estimate of drug-likeness (QED) is 0.860. The number of aryl methyl sites for hydroxylation is 2. The lowest BCUT2D eigenvalue weighted by atomic mass is 10.1. The molecule has 3 nitrogen and oxygen atoms in total. The third-order valence-corrected chi connectivity index (χ3v) is 3.45. The maximum absolute atomic E-state index is 5.76. The molecule has 0 aliphatic carbocycles. The lowest BCUT2D eigenvalue weighted by Crippen LogP contribution is -2.04. The average molecular weight is 229 g/mol. The molecule has 0 amide bonds. The molecule has 3 heteroatoms. The van der Waals surface area contributed by atoms with Crippen LogP contribution < -0.4 is 5.73 Å². The van der Waals surface area contributed by atoms with Crippen LogP contribution in [-0.4, -0.2) is 9.78 Å². The Morgan fingerprint density at radius 3 is 2.47 bits per heavy atom. The van der Waals surface area contributed by atoms with Gasteiger partial charge in [0.2, 0.25) is 0 Å². The fraction of sp³-hybridized carbons (Fsp3) is 0.357. The third kappa shape index (κ3) is 1.87. The number of rotatable bonds is 2. The Morgan fingerprint density at radius 2 is 1.88 bits per heavy atom. The molecule has 0 spiro atoms. The van der Waals surface area contributed by atoms with Gasteiger partial charge in [0.15, 0.2) is 0 Å². The van der Waals surface area contributed by atoms with E-state index in [0.717, 1.165) is 22.6 Å². The standard InChI is InChI=1S/C14H19N3/c1-9-6-5-7-14(10(9)2)17-12(4)13(8-15)11(3)16-17/h5-7H,8,15H2,1-4H3. The highest BCUT2D eigenvalue weighted by molar-refractivity contribution is 5.46. The molecular weight excluding hydrogens is 210 g/mol. The Bertz CT molecular complexity index is 553. The van der Waals surface area contributed by atoms with Crippen LogP contribution in [0.4, 0.5) is 0 Å². The van der Waals surface area contributed by atoms with Crippen LogP contribution in [0.3, 0.4) is 0 Å². The minimum Gasteiger partial charge on any atom is -0.326 e. The van der Waals surface area contributed by atoms with Crippen molar-refractivity contribution in [3.05, 3.63) is 46.3 Å². The molecule has 1 aromatic heterocycles. The first-order valence-electron chi connectivity index (χ1n) is 5.88. The molecular formula is C14H19N3. The summed E-state index contributed by atoms with van der Waals surface area (Å²) in [5.74, 6) is 0. The van der Waals surface area contributed by atoms with Crippen LogP contribution in [0.1, 0.15) is 28.1 Å². The predicted octanol–water partition coefficient (Wildman–Crippen LogP) is 2.56. The van der Waals surface area contributed by atoms with Crippen molar-refractivity contribution >= 4 is 0 Å². The van der Waals surface area contributed by atoms with E-state index in [-0.39, 0.29) is 0 Å². The molecule has 17 heavy (non-hydrogen) atoms. The molecule has 1 heterocycles. The molecule has 1 aromatic carbocycles. The molecule has 0 saturated carbocycles. The first-order chi connectivity index (χ1) is 8.06. The number of hydrogen-bond donors (Lipinski definition) is 1. The van der Waals surface area contributed by atoms with E-state index in [9.17, 15) is 0 Å². The maximum Gasteiger partial charge on any atom is 0.0680 e. The molecule has 2 aromatic rings. The van der Waals surface area contributed by atoms with Gasteiger partial charge in [-0.3, -0.25) is 0 Å². The summed E-state index contributed by atoms with van der Waals surface area (Å²) in [4.78, 5) is 0. The number of hydrogen-bond acceptors (Lipinski definition) is 2. The second kappa shape index (κ2) is 4.34. The normalized spacial score (nSPS) is 10.9. The lowest BCUT2D eigenvalue weighted by molar-refractivity contribution is 0.824. The van der Waals surface area contributed by atoms with Gasteiger partial charge in [-0.1, -0.05) is 12.1 Å². The highest BCUT2D eigenvalue weighted by Crippen LogP contribution is 2.21. The zero-order valence-electron chi connectivity index (χ0n) is 10.9. The van der Waals surface area contributed by atoms with Crippen LogP contribution in [0.2, 0.25) is 0 Å². The average Bonchev–Trinajstić information content (AvgIpc) is 2.58. The molecule has 0 fully saturated rings. The van der Waals surface area contributed by atoms with Gasteiger partial charge in [-0.15, -0.1) is 0 Å². The first kappa shape index (κ1) is 11.9. The van der Waals surface area contributed by atoms with Crippen molar-refractivity contribution in [2.24, 2.45) is 5.73 Å². The largest absolute Gasteiger partial charge is 0.326 e. The summed E-state index contributed by atoms with van der Waals surface area (Å²) in [6, 6.07) is 6.28. The molecule has 0 aliphatic rings. The third-order valence-electron chi connectivity index (χ3n) is 3.45. The highest BCUT2D eigenvalue weighted by atomic mass is 15.3. The number of nitrogens with two attached hydrogens (primary N) is 1. The fourth-order valence-electron chi connectivity index (χ4n) is 2.17. The van der Waals surface area contributed by atoms with E-state index in [4.69, 9.17) is 5.73 Å². The smallest absolute Gasteiger partial charge is 0.0680 e. The molecule has 0 radical (unpaired) electrons. The van der Waals surface area contributed by atoms with E-state index in [1.807, 2.05) is 11.6 Å². The molecule has 0 saturated heterocycles. The summed E-state index contributed by atoms with van der Waals surface area (Å²) in [6.45, 7) is 8.88. The molecule has 2 N–H and O–H groups in total. The summed E-state index contributed by atoms with van der Waals surface area (Å²) in [5.41, 5.74) is 12.7. The summed E-state index contributed by atoms with van der Waals surface area (Å²) in [6.07, 6.45) is 0. The van der Waals surface area contributed by atoms with Gasteiger partial charge in [-0.25, -0.2) is 4.68 Å². The second-order valence-electron chi connectivity index (χ2n) is 4.48. The minimum absolute atomic E-state index is 0.544. The van der Waals surface area contributed by atoms with Crippen molar-refractivity contribution in [3.63, 3.8) is 0 Å². The number of nitrogens with zero attached hydrogens (tertiary/aromatic N) is 2. The van der Waals surface area contributed by atoms with E-state index in [1.165, 1.54) is 11.1 Å². The zero-order valence-corrected chi connectivity index (χ0v) is 10.9. The van der Waals surface area contributed by atoms with Gasteiger partial charge in [0.25, 0.3) is 0 Å².